The van der Waals surface area contributed by atoms with E-state index in [1.165, 1.54) is 53.0 Å². The van der Waals surface area contributed by atoms with Crippen LogP contribution in [0.1, 0.15) is 34.6 Å². The van der Waals surface area contributed by atoms with E-state index in [0.717, 1.165) is 25.2 Å². The van der Waals surface area contributed by atoms with Crippen LogP contribution in [-0.4, -0.2) is 112 Å². The Kier molecular flexibility index (Phi) is 12.1. The number of carbonyl (C=O) groups excluding carboxylic acids is 2. The number of hydrogen-bond donors (Lipinski definition) is 0. The van der Waals surface area contributed by atoms with Crippen molar-refractivity contribution in [1.29, 1.82) is 0 Å². The molecule has 0 radical (unpaired) electrons. The van der Waals surface area contributed by atoms with E-state index in [4.69, 9.17) is 0 Å². The molecule has 4 aromatic carbocycles. The molecule has 4 heterocycles. The Morgan fingerprint density at radius 1 is 0.603 bits per heavy atom. The van der Waals surface area contributed by atoms with Gasteiger partial charge in [0, 0.05) is 52.4 Å². The van der Waals surface area contributed by atoms with Crippen LogP contribution in [0.4, 0.5) is 19.0 Å². The zero-order valence-corrected chi connectivity index (χ0v) is 34.9. The van der Waals surface area contributed by atoms with Crippen molar-refractivity contribution < 1.29 is 35.2 Å². The molecule has 0 unspecified atom stereocenters. The highest BCUT2D eigenvalue weighted by molar-refractivity contribution is 7.91. The van der Waals surface area contributed by atoms with Crippen molar-refractivity contribution in [3.05, 3.63) is 108 Å². The van der Waals surface area contributed by atoms with Crippen LogP contribution in [0.15, 0.2) is 94.7 Å². The summed E-state index contributed by atoms with van der Waals surface area (Å²) in [4.78, 5) is 42.6. The molecule has 12 nitrogen and oxygen atoms in total. The highest BCUT2D eigenvalue weighted by atomic mass is 32.2. The highest BCUT2D eigenvalue weighted by Gasteiger charge is 2.30. The number of nitrogens with zero attached hydrogens (tertiary/aromatic N) is 6. The Bertz CT molecular complexity index is 2710. The van der Waals surface area contributed by atoms with Crippen molar-refractivity contribution in [2.75, 3.05) is 73.7 Å². The second-order valence-corrected chi connectivity index (χ2v) is 20.1. The minimum absolute atomic E-state index is 0.0523. The summed E-state index contributed by atoms with van der Waals surface area (Å²) < 4.78 is 78.3. The number of aromatic nitrogens is 2. The third-order valence-corrected chi connectivity index (χ3v) is 15.8. The molecule has 8 rings (SSSR count). The van der Waals surface area contributed by atoms with Crippen LogP contribution in [0.2, 0.25) is 0 Å². The summed E-state index contributed by atoms with van der Waals surface area (Å²) in [5.74, 6) is -1.30. The van der Waals surface area contributed by atoms with Gasteiger partial charge in [-0.2, -0.15) is 0 Å². The molecule has 58 heavy (non-hydrogen) atoms. The van der Waals surface area contributed by atoms with E-state index in [9.17, 15) is 35.2 Å². The topological polar surface area (TPSA) is 141 Å². The number of hydrogen-bond acceptors (Lipinski definition) is 12. The summed E-state index contributed by atoms with van der Waals surface area (Å²) in [6.07, 6.45) is 0. The molecule has 6 aromatic rings. The Labute approximate surface area is 343 Å². The third-order valence-electron chi connectivity index (χ3n) is 10.0. The SMILES string of the molecule is CCS(=O)(=O)c1ccccc1C(=O)N1CCN(c2nc3c(F)cccc3s2)CC1.CCS(=O)(=O)c1ccccc1C(=O)N1CCN(c2nc3ccc(F)cc3s2)CC1. The van der Waals surface area contributed by atoms with Gasteiger partial charge in [0.1, 0.15) is 17.2 Å². The summed E-state index contributed by atoms with van der Waals surface area (Å²) >= 11 is 2.85. The van der Waals surface area contributed by atoms with Gasteiger partial charge < -0.3 is 19.6 Å². The molecule has 18 heteroatoms. The van der Waals surface area contributed by atoms with Crippen molar-refractivity contribution in [1.82, 2.24) is 19.8 Å². The van der Waals surface area contributed by atoms with Crippen molar-refractivity contribution in [2.45, 2.75) is 23.6 Å². The zero-order valence-electron chi connectivity index (χ0n) is 31.7. The number of carbonyl (C=O) groups is 2. The van der Waals surface area contributed by atoms with Gasteiger partial charge in [0.15, 0.2) is 29.9 Å². The number of halogens is 2. The van der Waals surface area contributed by atoms with E-state index in [1.807, 2.05) is 11.0 Å². The van der Waals surface area contributed by atoms with Gasteiger partial charge >= 0.3 is 0 Å². The maximum atomic E-state index is 13.9. The van der Waals surface area contributed by atoms with Crippen LogP contribution in [0.5, 0.6) is 0 Å². The Balaban J connectivity index is 0.000000177. The van der Waals surface area contributed by atoms with Crippen LogP contribution in [0, 0.1) is 11.6 Å². The van der Waals surface area contributed by atoms with Gasteiger partial charge in [0.05, 0.1) is 47.3 Å². The van der Waals surface area contributed by atoms with Gasteiger partial charge in [-0.1, -0.05) is 66.9 Å². The maximum absolute atomic E-state index is 13.9. The number of anilines is 2. The van der Waals surface area contributed by atoms with Gasteiger partial charge in [-0.05, 0) is 54.6 Å². The predicted molar refractivity (Wildman–Crippen MR) is 224 cm³/mol. The van der Waals surface area contributed by atoms with Crippen molar-refractivity contribution in [2.24, 2.45) is 0 Å². The fourth-order valence-corrected chi connectivity index (χ4v) is 11.0. The molecular weight excluding hydrogens is 827 g/mol. The van der Waals surface area contributed by atoms with E-state index in [-0.39, 0.29) is 55.9 Å². The Morgan fingerprint density at radius 3 is 1.59 bits per heavy atom. The average Bonchev–Trinajstić information content (AvgIpc) is 3.89. The molecule has 2 saturated heterocycles. The van der Waals surface area contributed by atoms with Gasteiger partial charge in [-0.15, -0.1) is 0 Å². The van der Waals surface area contributed by atoms with Crippen LogP contribution < -0.4 is 9.80 Å². The number of rotatable bonds is 8. The predicted octanol–water partition coefficient (Wildman–Crippen LogP) is 6.38. The van der Waals surface area contributed by atoms with Gasteiger partial charge in [0.2, 0.25) is 0 Å². The second-order valence-electron chi connectivity index (χ2n) is 13.5. The molecule has 0 atom stereocenters. The molecule has 2 amide bonds. The van der Waals surface area contributed by atoms with Crippen LogP contribution in [-0.2, 0) is 19.7 Å². The number of amides is 2. The normalized spacial score (nSPS) is 15.1. The molecule has 2 fully saturated rings. The molecule has 0 aliphatic carbocycles. The number of benzene rings is 4. The number of para-hydroxylation sites is 1. The largest absolute Gasteiger partial charge is 0.345 e. The number of thiazole rings is 2. The lowest BCUT2D eigenvalue weighted by Crippen LogP contribution is -2.49. The first kappa shape index (κ1) is 41.1. The Hall–Kier alpha value is -5.04. The quantitative estimate of drug-likeness (QED) is 0.169. The van der Waals surface area contributed by atoms with Crippen molar-refractivity contribution in [3.8, 4) is 0 Å². The van der Waals surface area contributed by atoms with E-state index >= 15 is 0 Å². The smallest absolute Gasteiger partial charge is 0.255 e. The van der Waals surface area contributed by atoms with Crippen LogP contribution >= 0.6 is 22.7 Å². The van der Waals surface area contributed by atoms with E-state index in [0.29, 0.717) is 57.9 Å². The number of piperazine rings is 2. The minimum Gasteiger partial charge on any atom is -0.345 e. The van der Waals surface area contributed by atoms with E-state index < -0.39 is 19.7 Å². The standard InChI is InChI=1S/2C20H20FN3O3S2/c1-2-29(26,27)17-9-4-3-6-14(17)19(25)23-10-12-24(13-11-23)20-22-18-15(21)7-5-8-16(18)28-20;1-2-29(26,27)18-6-4-3-5-15(18)19(25)23-9-11-24(12-10-23)20-22-16-8-7-14(21)13-17(16)28-20/h3-9H,2,10-13H2,1H3;3-8,13H,2,9-12H2,1H3. The summed E-state index contributed by atoms with van der Waals surface area (Å²) in [5, 5.41) is 1.53. The summed E-state index contributed by atoms with van der Waals surface area (Å²) in [5.41, 5.74) is 1.55. The van der Waals surface area contributed by atoms with E-state index in [2.05, 4.69) is 14.9 Å². The first-order valence-electron chi connectivity index (χ1n) is 18.6. The van der Waals surface area contributed by atoms with Crippen molar-refractivity contribution >= 4 is 84.9 Å². The van der Waals surface area contributed by atoms with Crippen LogP contribution in [0.25, 0.3) is 20.4 Å². The molecular formula is C40H40F2N6O6S4. The molecule has 0 bridgehead atoms. The molecule has 2 aromatic heterocycles. The monoisotopic (exact) mass is 866 g/mol. The van der Waals surface area contributed by atoms with Crippen molar-refractivity contribution in [3.63, 3.8) is 0 Å². The molecule has 0 spiro atoms. The zero-order chi connectivity index (χ0) is 41.2. The molecule has 304 valence electrons. The molecule has 2 aliphatic heterocycles. The first-order valence-corrected chi connectivity index (χ1v) is 23.6. The lowest BCUT2D eigenvalue weighted by molar-refractivity contribution is 0.0735. The number of fused-ring (bicyclic) bond motifs is 2. The lowest BCUT2D eigenvalue weighted by atomic mass is 10.2. The third kappa shape index (κ3) is 8.55. The highest BCUT2D eigenvalue weighted by Crippen LogP contribution is 2.32. The molecule has 0 N–H and O–H groups in total. The van der Waals surface area contributed by atoms with Crippen LogP contribution in [0.3, 0.4) is 0 Å². The number of sulfone groups is 2. The van der Waals surface area contributed by atoms with Gasteiger partial charge in [-0.25, -0.2) is 35.6 Å². The van der Waals surface area contributed by atoms with Gasteiger partial charge in [-0.3, -0.25) is 9.59 Å². The summed E-state index contributed by atoms with van der Waals surface area (Å²) in [6, 6.07) is 22.1. The van der Waals surface area contributed by atoms with E-state index in [1.54, 1.807) is 72.2 Å². The first-order chi connectivity index (χ1) is 27.8. The summed E-state index contributed by atoms with van der Waals surface area (Å²) in [6.45, 7) is 7.21. The average molecular weight is 867 g/mol. The maximum Gasteiger partial charge on any atom is 0.255 e. The fourth-order valence-electron chi connectivity index (χ4n) is 6.74. The van der Waals surface area contributed by atoms with Gasteiger partial charge in [0.25, 0.3) is 11.8 Å². The Morgan fingerprint density at radius 2 is 1.09 bits per heavy atom. The molecule has 0 saturated carbocycles. The molecule has 2 aliphatic rings. The minimum atomic E-state index is -3.49. The lowest BCUT2D eigenvalue weighted by Gasteiger charge is -2.34. The fraction of sp³-hybridized carbons (Fsp3) is 0.300. The second kappa shape index (κ2) is 17.1. The summed E-state index contributed by atoms with van der Waals surface area (Å²) in [7, 11) is -6.97.